The first-order valence-electron chi connectivity index (χ1n) is 11.1. The van der Waals surface area contributed by atoms with Crippen LogP contribution >= 0.6 is 0 Å². The Labute approximate surface area is 209 Å². The van der Waals surface area contributed by atoms with E-state index < -0.39 is 58.0 Å². The Kier molecular flexibility index (Phi) is 8.47. The molecule has 1 aromatic carbocycles. The van der Waals surface area contributed by atoms with Crippen molar-refractivity contribution in [2.45, 2.75) is 44.3 Å². The molecule has 3 rings (SSSR count). The molecule has 4 atom stereocenters. The topological polar surface area (TPSA) is 144 Å². The standard InChI is InChI=1S/C21H22B4O9S/c22-6-12-13(7-23)16(17(19(26)27)18(25)14(12)8-24)21(29)34-15-5-9-3-10(15)4-11(9)20(28)33-1-2-35(30,31)32/h9-11,15H,1-8H2,(H,26,27)(H,30,31,32). The molecule has 0 amide bonds. The van der Waals surface area contributed by atoms with Crippen molar-refractivity contribution >= 4 is 64.9 Å². The highest BCUT2D eigenvalue weighted by molar-refractivity contribution is 7.85. The fourth-order valence-corrected chi connectivity index (χ4v) is 5.59. The lowest BCUT2D eigenvalue weighted by molar-refractivity contribution is -0.150. The van der Waals surface area contributed by atoms with Gasteiger partial charge in [0.25, 0.3) is 10.1 Å². The van der Waals surface area contributed by atoms with Crippen molar-refractivity contribution in [1.82, 2.24) is 0 Å². The van der Waals surface area contributed by atoms with Gasteiger partial charge in [-0.3, -0.25) is 9.35 Å². The number of hydrogen-bond donors (Lipinski definition) is 2. The molecule has 2 aliphatic rings. The van der Waals surface area contributed by atoms with Gasteiger partial charge in [0.15, 0.2) is 0 Å². The van der Waals surface area contributed by atoms with Crippen LogP contribution in [0.15, 0.2) is 0 Å². The van der Waals surface area contributed by atoms with Gasteiger partial charge in [0.05, 0.1) is 40.6 Å². The summed E-state index contributed by atoms with van der Waals surface area (Å²) in [6.45, 7) is -0.451. The maximum atomic E-state index is 13.2. The van der Waals surface area contributed by atoms with Crippen LogP contribution in [-0.4, -0.2) is 85.8 Å². The average molecular weight is 494 g/mol. The number of esters is 2. The summed E-state index contributed by atoms with van der Waals surface area (Å²) in [4.78, 5) is 37.5. The Morgan fingerprint density at radius 1 is 0.914 bits per heavy atom. The van der Waals surface area contributed by atoms with Crippen molar-refractivity contribution in [3.63, 3.8) is 0 Å². The Hall–Kier alpha value is -2.20. The van der Waals surface area contributed by atoms with E-state index in [1.165, 1.54) is 0 Å². The number of ether oxygens (including phenoxy) is 2. The van der Waals surface area contributed by atoms with Gasteiger partial charge >= 0.3 is 17.9 Å². The van der Waals surface area contributed by atoms with Gasteiger partial charge in [0.1, 0.15) is 26.3 Å². The number of benzene rings is 1. The van der Waals surface area contributed by atoms with Gasteiger partial charge in [0, 0.05) is 0 Å². The number of carbonyl (C=O) groups is 3. The molecule has 2 bridgehead atoms. The summed E-state index contributed by atoms with van der Waals surface area (Å²) in [6.07, 6.45) is 0.430. The fourth-order valence-electron chi connectivity index (χ4n) is 5.29. The van der Waals surface area contributed by atoms with Crippen LogP contribution in [0.25, 0.3) is 0 Å². The normalized spacial score (nSPS) is 23.2. The number of hydrogen-bond acceptors (Lipinski definition) is 7. The van der Waals surface area contributed by atoms with Crippen molar-refractivity contribution in [2.24, 2.45) is 17.8 Å². The molecular weight excluding hydrogens is 472 g/mol. The first-order valence-corrected chi connectivity index (χ1v) is 12.7. The number of carbonyl (C=O) groups excluding carboxylic acids is 2. The van der Waals surface area contributed by atoms with Gasteiger partial charge in [-0.1, -0.05) is 35.6 Å². The molecule has 14 heteroatoms. The maximum Gasteiger partial charge on any atom is 0.339 e. The van der Waals surface area contributed by atoms with Crippen LogP contribution in [0.5, 0.6) is 0 Å². The first kappa shape index (κ1) is 27.4. The largest absolute Gasteiger partial charge is 0.478 e. The zero-order valence-electron chi connectivity index (χ0n) is 18.9. The lowest BCUT2D eigenvalue weighted by Crippen LogP contribution is -2.34. The summed E-state index contributed by atoms with van der Waals surface area (Å²) in [5, 5.41) is 9.78. The predicted molar refractivity (Wildman–Crippen MR) is 128 cm³/mol. The third-order valence-electron chi connectivity index (χ3n) is 6.84. The van der Waals surface area contributed by atoms with E-state index in [0.29, 0.717) is 30.4 Å². The number of aromatic carboxylic acids is 1. The summed E-state index contributed by atoms with van der Waals surface area (Å²) < 4.78 is 41.0. The zero-order chi connectivity index (χ0) is 26.1. The SMILES string of the molecule is [B]Cc1c([B])c(C(=O)O)c(C(=O)OC2CC3CC2CC3C(=O)OCCS(=O)(=O)O)c(C[B])c1C[B]. The van der Waals surface area contributed by atoms with Crippen LogP contribution in [0.2, 0.25) is 0 Å². The molecule has 9 nitrogen and oxygen atoms in total. The predicted octanol–water partition coefficient (Wildman–Crippen LogP) is -0.813. The molecule has 0 saturated heterocycles. The monoisotopic (exact) mass is 494 g/mol. The minimum absolute atomic E-state index is 0.0566. The molecule has 1 aromatic rings. The van der Waals surface area contributed by atoms with Crippen LogP contribution in [0.4, 0.5) is 0 Å². The second-order valence-corrected chi connectivity index (χ2v) is 10.3. The van der Waals surface area contributed by atoms with E-state index in [2.05, 4.69) is 0 Å². The summed E-state index contributed by atoms with van der Waals surface area (Å²) in [5.41, 5.74) is 0.0937. The van der Waals surface area contributed by atoms with Crippen molar-refractivity contribution in [3.05, 3.63) is 27.8 Å². The Balaban J connectivity index is 1.77. The summed E-state index contributed by atoms with van der Waals surface area (Å²) >= 11 is 0. The second kappa shape index (κ2) is 10.8. The van der Waals surface area contributed by atoms with Crippen molar-refractivity contribution in [1.29, 1.82) is 0 Å². The van der Waals surface area contributed by atoms with Crippen LogP contribution in [0, 0.1) is 17.8 Å². The first-order chi connectivity index (χ1) is 16.4. The van der Waals surface area contributed by atoms with Gasteiger partial charge in [0.2, 0.25) is 0 Å². The minimum Gasteiger partial charge on any atom is -0.478 e. The Morgan fingerprint density at radius 3 is 2.03 bits per heavy atom. The van der Waals surface area contributed by atoms with E-state index in [1.807, 2.05) is 0 Å². The van der Waals surface area contributed by atoms with E-state index in [1.54, 1.807) is 0 Å². The van der Waals surface area contributed by atoms with Crippen molar-refractivity contribution in [2.75, 3.05) is 12.4 Å². The summed E-state index contributed by atoms with van der Waals surface area (Å²) in [5.74, 6) is -4.36. The number of carboxylic acids is 1. The molecule has 178 valence electrons. The van der Waals surface area contributed by atoms with E-state index in [4.69, 9.17) is 45.4 Å². The van der Waals surface area contributed by atoms with E-state index >= 15 is 0 Å². The maximum absolute atomic E-state index is 13.2. The molecule has 4 unspecified atom stereocenters. The molecule has 0 spiro atoms. The molecule has 8 radical (unpaired) electrons. The third kappa shape index (κ3) is 5.63. The van der Waals surface area contributed by atoms with Crippen molar-refractivity contribution < 1.29 is 41.9 Å². The van der Waals surface area contributed by atoms with Gasteiger partial charge in [-0.25, -0.2) is 9.59 Å². The highest BCUT2D eigenvalue weighted by Gasteiger charge is 2.51. The number of rotatable bonds is 10. The second-order valence-electron chi connectivity index (χ2n) is 8.75. The van der Waals surface area contributed by atoms with Crippen molar-refractivity contribution in [3.8, 4) is 0 Å². The smallest absolute Gasteiger partial charge is 0.339 e. The molecule has 35 heavy (non-hydrogen) atoms. The van der Waals surface area contributed by atoms with E-state index in [0.717, 1.165) is 0 Å². The average Bonchev–Trinajstić information content (AvgIpc) is 3.37. The van der Waals surface area contributed by atoms with Crippen LogP contribution < -0.4 is 5.46 Å². The third-order valence-corrected chi connectivity index (χ3v) is 7.53. The lowest BCUT2D eigenvalue weighted by Gasteiger charge is -2.28. The molecule has 2 aliphatic carbocycles. The van der Waals surface area contributed by atoms with Gasteiger partial charge in [-0.15, -0.1) is 0 Å². The Morgan fingerprint density at radius 2 is 1.54 bits per heavy atom. The number of carboxylic acid groups (broad SMARTS) is 1. The quantitative estimate of drug-likeness (QED) is 0.243. The Bertz CT molecular complexity index is 1140. The molecule has 0 heterocycles. The molecule has 0 aliphatic heterocycles. The number of fused-ring (bicyclic) bond motifs is 2. The van der Waals surface area contributed by atoms with E-state index in [-0.39, 0.29) is 47.4 Å². The molecule has 0 aromatic heterocycles. The van der Waals surface area contributed by atoms with Crippen LogP contribution in [0.3, 0.4) is 0 Å². The van der Waals surface area contributed by atoms with Gasteiger partial charge in [-0.05, 0) is 36.7 Å². The summed E-state index contributed by atoms with van der Waals surface area (Å²) in [6, 6.07) is 0. The van der Waals surface area contributed by atoms with Gasteiger partial charge in [-0.2, -0.15) is 8.42 Å². The fraction of sp³-hybridized carbons (Fsp3) is 0.571. The van der Waals surface area contributed by atoms with E-state index in [9.17, 15) is 27.9 Å². The zero-order valence-corrected chi connectivity index (χ0v) is 19.8. The minimum atomic E-state index is -4.24. The highest BCUT2D eigenvalue weighted by atomic mass is 32.2. The lowest BCUT2D eigenvalue weighted by atomic mass is 9.70. The van der Waals surface area contributed by atoms with Crippen LogP contribution in [0.1, 0.15) is 56.7 Å². The summed E-state index contributed by atoms with van der Waals surface area (Å²) in [7, 11) is 19.2. The highest BCUT2D eigenvalue weighted by Crippen LogP contribution is 2.50. The van der Waals surface area contributed by atoms with Crippen LogP contribution in [-0.2, 0) is 43.3 Å². The molecule has 2 saturated carbocycles. The molecular formula is C21H22B4O9S. The molecule has 2 fully saturated rings. The van der Waals surface area contributed by atoms with Gasteiger partial charge < -0.3 is 14.6 Å². The molecule has 2 N–H and O–H groups in total.